The molecule has 2 aromatic carbocycles. The van der Waals surface area contributed by atoms with Gasteiger partial charge in [0.1, 0.15) is 35.0 Å². The summed E-state index contributed by atoms with van der Waals surface area (Å²) in [6.45, 7) is 8.50. The molecule has 2 unspecified atom stereocenters. The Hall–Kier alpha value is -4.51. The minimum atomic E-state index is -6.02. The maximum atomic E-state index is 17.1. The van der Waals surface area contributed by atoms with Crippen molar-refractivity contribution >= 4 is 43.7 Å². The molecule has 0 N–H and O–H groups in total. The Kier molecular flexibility index (Phi) is 8.82. The van der Waals surface area contributed by atoms with Gasteiger partial charge in [0.25, 0.3) is 0 Å². The number of piperazine rings is 1. The van der Waals surface area contributed by atoms with Crippen molar-refractivity contribution in [2.24, 2.45) is 0 Å². The van der Waals surface area contributed by atoms with Crippen LogP contribution in [0.25, 0.3) is 32.9 Å². The fourth-order valence-electron chi connectivity index (χ4n) is 8.56. The lowest BCUT2D eigenvalue weighted by Crippen LogP contribution is -2.57. The maximum Gasteiger partial charge on any atom is 0.534 e. The Bertz CT molecular complexity index is 2230. The monoisotopic (exact) mass is 772 g/mol. The Balaban J connectivity index is 1.22. The van der Waals surface area contributed by atoms with E-state index in [-0.39, 0.29) is 51.9 Å². The highest BCUT2D eigenvalue weighted by Crippen LogP contribution is 2.42. The van der Waals surface area contributed by atoms with Crippen molar-refractivity contribution in [1.82, 2.24) is 24.8 Å². The number of anilines is 1. The second kappa shape index (κ2) is 13.1. The first-order valence-electron chi connectivity index (χ1n) is 18.1. The van der Waals surface area contributed by atoms with Crippen LogP contribution < -0.4 is 13.8 Å². The van der Waals surface area contributed by atoms with Crippen LogP contribution in [0.15, 0.2) is 42.6 Å². The Labute approximate surface area is 309 Å². The summed E-state index contributed by atoms with van der Waals surface area (Å²) in [6.07, 6.45) is 6.52. The zero-order valence-corrected chi connectivity index (χ0v) is 30.8. The number of carbonyl (C=O) groups excluding carboxylic acids is 1. The molecular weight excluding hydrogens is 733 g/mol. The molecule has 2 aromatic heterocycles. The number of aromatic nitrogens is 3. The second-order valence-corrected chi connectivity index (χ2v) is 17.1. The number of hydrogen-bond acceptors (Lipinski definition) is 11. The molecular formula is C37H40F4N6O6S. The molecule has 17 heteroatoms. The van der Waals surface area contributed by atoms with Gasteiger partial charge in [-0.15, -0.1) is 0 Å². The first kappa shape index (κ1) is 36.5. The van der Waals surface area contributed by atoms with E-state index in [4.69, 9.17) is 14.5 Å². The highest BCUT2D eigenvalue weighted by molar-refractivity contribution is 7.88. The second-order valence-electron chi connectivity index (χ2n) is 15.6. The van der Waals surface area contributed by atoms with Crippen LogP contribution in [0.3, 0.4) is 0 Å². The van der Waals surface area contributed by atoms with Gasteiger partial charge in [-0.05, 0) is 95.3 Å². The first-order chi connectivity index (χ1) is 25.5. The summed E-state index contributed by atoms with van der Waals surface area (Å²) in [4.78, 5) is 33.3. The number of rotatable bonds is 7. The third kappa shape index (κ3) is 6.52. The molecule has 0 spiro atoms. The molecule has 6 heterocycles. The molecule has 8 rings (SSSR count). The summed E-state index contributed by atoms with van der Waals surface area (Å²) in [5.74, 6) is -1.19. The van der Waals surface area contributed by atoms with Gasteiger partial charge in [-0.25, -0.2) is 9.18 Å². The van der Waals surface area contributed by atoms with Crippen molar-refractivity contribution in [3.05, 3.63) is 48.4 Å². The summed E-state index contributed by atoms with van der Waals surface area (Å²) in [5, 5.41) is 0.959. The van der Waals surface area contributed by atoms with Crippen LogP contribution in [0, 0.1) is 5.82 Å². The number of fused-ring (bicyclic) bond motifs is 5. The lowest BCUT2D eigenvalue weighted by molar-refractivity contribution is -0.0500. The van der Waals surface area contributed by atoms with E-state index in [0.717, 1.165) is 63.7 Å². The minimum absolute atomic E-state index is 0.00188. The molecule has 0 radical (unpaired) electrons. The molecule has 0 aliphatic carbocycles. The number of halogens is 4. The van der Waals surface area contributed by atoms with E-state index in [1.165, 1.54) is 12.3 Å². The van der Waals surface area contributed by atoms with E-state index in [2.05, 4.69) is 19.1 Å². The Morgan fingerprint density at radius 1 is 0.981 bits per heavy atom. The standard InChI is InChI=1S/C37H40F4N6O6S/c1-35(2,3)52-34(48)47-23-10-11-24(47)20-45(19-23)32-28-18-42-30(27-17-25(53-54(49,50)37(39,40)41)16-22-8-4-5-9-26(22)27)29(38)31(28)43-33(44-32)51-21-36-12-6-14-46(36)15-7-13-36/h4-5,8-9,16-18,23-24H,6-7,10-15,19-21H2,1-3H3. The fourth-order valence-corrected chi connectivity index (χ4v) is 9.01. The van der Waals surface area contributed by atoms with Crippen LogP contribution in [0.5, 0.6) is 11.8 Å². The molecule has 288 valence electrons. The summed E-state index contributed by atoms with van der Waals surface area (Å²) < 4.78 is 97.4. The van der Waals surface area contributed by atoms with E-state index in [1.54, 1.807) is 23.1 Å². The third-order valence-corrected chi connectivity index (χ3v) is 11.9. The summed E-state index contributed by atoms with van der Waals surface area (Å²) in [5.41, 5.74) is -6.92. The van der Waals surface area contributed by atoms with Crippen LogP contribution in [0.4, 0.5) is 28.2 Å². The van der Waals surface area contributed by atoms with Crippen molar-refractivity contribution in [3.8, 4) is 23.0 Å². The summed E-state index contributed by atoms with van der Waals surface area (Å²) >= 11 is 0. The Morgan fingerprint density at radius 2 is 1.67 bits per heavy atom. The topological polar surface area (TPSA) is 127 Å². The smallest absolute Gasteiger partial charge is 0.461 e. The molecule has 2 bridgehead atoms. The summed E-state index contributed by atoms with van der Waals surface area (Å²) in [6, 6.07) is 8.16. The van der Waals surface area contributed by atoms with Gasteiger partial charge in [-0.1, -0.05) is 24.3 Å². The normalized spacial score (nSPS) is 21.5. The van der Waals surface area contributed by atoms with E-state index in [0.29, 0.717) is 36.3 Å². The van der Waals surface area contributed by atoms with Crippen LogP contribution in [-0.2, 0) is 14.9 Å². The van der Waals surface area contributed by atoms with Gasteiger partial charge in [-0.3, -0.25) is 14.8 Å². The zero-order chi connectivity index (χ0) is 38.2. The molecule has 12 nitrogen and oxygen atoms in total. The zero-order valence-electron chi connectivity index (χ0n) is 30.0. The van der Waals surface area contributed by atoms with Crippen LogP contribution >= 0.6 is 0 Å². The maximum absolute atomic E-state index is 17.1. The number of benzene rings is 2. The molecule has 4 aliphatic rings. The molecule has 0 saturated carbocycles. The number of pyridine rings is 1. The van der Waals surface area contributed by atoms with Crippen molar-refractivity contribution in [2.75, 3.05) is 37.7 Å². The highest BCUT2D eigenvalue weighted by Gasteiger charge is 2.49. The average molecular weight is 773 g/mol. The molecule has 1 amide bonds. The van der Waals surface area contributed by atoms with E-state index in [1.807, 2.05) is 25.7 Å². The quantitative estimate of drug-likeness (QED) is 0.112. The Morgan fingerprint density at radius 3 is 2.33 bits per heavy atom. The molecule has 4 aromatic rings. The van der Waals surface area contributed by atoms with Crippen LogP contribution in [0.2, 0.25) is 0 Å². The molecule has 2 atom stereocenters. The van der Waals surface area contributed by atoms with E-state index in [9.17, 15) is 26.4 Å². The van der Waals surface area contributed by atoms with Gasteiger partial charge < -0.3 is 18.6 Å². The largest absolute Gasteiger partial charge is 0.534 e. The minimum Gasteiger partial charge on any atom is -0.461 e. The molecule has 4 aliphatic heterocycles. The van der Waals surface area contributed by atoms with Gasteiger partial charge >= 0.3 is 27.7 Å². The predicted molar refractivity (Wildman–Crippen MR) is 191 cm³/mol. The van der Waals surface area contributed by atoms with Gasteiger partial charge in [0.2, 0.25) is 0 Å². The number of ether oxygens (including phenoxy) is 2. The number of alkyl halides is 3. The summed E-state index contributed by atoms with van der Waals surface area (Å²) in [7, 11) is -6.02. The predicted octanol–water partition coefficient (Wildman–Crippen LogP) is 6.81. The number of carbonyl (C=O) groups is 1. The highest BCUT2D eigenvalue weighted by atomic mass is 32.2. The van der Waals surface area contributed by atoms with Crippen molar-refractivity contribution in [3.63, 3.8) is 0 Å². The van der Waals surface area contributed by atoms with Crippen molar-refractivity contribution < 1.29 is 44.4 Å². The van der Waals surface area contributed by atoms with Crippen molar-refractivity contribution in [2.45, 2.75) is 88.0 Å². The molecule has 4 saturated heterocycles. The van der Waals surface area contributed by atoms with Crippen LogP contribution in [-0.4, -0.2) is 101 Å². The molecule has 54 heavy (non-hydrogen) atoms. The van der Waals surface area contributed by atoms with E-state index < -0.39 is 32.8 Å². The SMILES string of the molecule is CC(C)(C)OC(=O)N1C2CCC1CN(c1nc(OCC34CCCN3CCC4)nc3c(F)c(-c4cc(OS(=O)(=O)C(F)(F)F)cc5ccccc45)ncc13)C2. The van der Waals surface area contributed by atoms with Gasteiger partial charge in [0, 0.05) is 24.8 Å². The number of nitrogens with zero attached hydrogens (tertiary/aromatic N) is 6. The van der Waals surface area contributed by atoms with Gasteiger partial charge in [0.05, 0.1) is 23.0 Å². The van der Waals surface area contributed by atoms with Crippen LogP contribution in [0.1, 0.15) is 59.3 Å². The molecule has 4 fully saturated rings. The average Bonchev–Trinajstić information content (AvgIpc) is 3.76. The third-order valence-electron chi connectivity index (χ3n) is 10.9. The number of amides is 1. The lowest BCUT2D eigenvalue weighted by atomic mass is 9.95. The fraction of sp³-hybridized carbons (Fsp3) is 0.514. The number of hydrogen-bond donors (Lipinski definition) is 0. The van der Waals surface area contributed by atoms with Gasteiger partial charge in [0.15, 0.2) is 5.82 Å². The first-order valence-corrected chi connectivity index (χ1v) is 19.5. The van der Waals surface area contributed by atoms with Gasteiger partial charge in [-0.2, -0.15) is 31.6 Å². The lowest BCUT2D eigenvalue weighted by Gasteiger charge is -2.42. The van der Waals surface area contributed by atoms with Crippen molar-refractivity contribution in [1.29, 1.82) is 0 Å². The van der Waals surface area contributed by atoms with E-state index >= 15 is 4.39 Å².